The van der Waals surface area contributed by atoms with Crippen molar-refractivity contribution in [3.63, 3.8) is 0 Å². The van der Waals surface area contributed by atoms with E-state index in [-0.39, 0.29) is 18.1 Å². The third kappa shape index (κ3) is 3.49. The van der Waals surface area contributed by atoms with Crippen LogP contribution in [0.25, 0.3) is 11.3 Å². The first-order valence-corrected chi connectivity index (χ1v) is 7.16. The maximum atomic E-state index is 11.8. The highest BCUT2D eigenvalue weighted by molar-refractivity contribution is 7.10. The summed E-state index contributed by atoms with van der Waals surface area (Å²) in [6.07, 6.45) is -0.694. The van der Waals surface area contributed by atoms with E-state index < -0.39 is 6.10 Å². The van der Waals surface area contributed by atoms with Crippen molar-refractivity contribution in [3.8, 4) is 11.3 Å². The number of thiazole rings is 1. The molecule has 0 amide bonds. The zero-order chi connectivity index (χ0) is 13.8. The molecule has 1 unspecified atom stereocenters. The van der Waals surface area contributed by atoms with Crippen molar-refractivity contribution >= 4 is 17.1 Å². The van der Waals surface area contributed by atoms with Gasteiger partial charge in [0.15, 0.2) is 5.78 Å². The molecule has 1 aromatic carbocycles. The van der Waals surface area contributed by atoms with Crippen LogP contribution in [0, 0.1) is 5.92 Å². The third-order valence-corrected chi connectivity index (χ3v) is 3.76. The second kappa shape index (κ2) is 6.08. The average molecular weight is 275 g/mol. The van der Waals surface area contributed by atoms with Crippen molar-refractivity contribution in [2.45, 2.75) is 26.4 Å². The molecule has 1 heterocycles. The third-order valence-electron chi connectivity index (χ3n) is 2.91. The van der Waals surface area contributed by atoms with Crippen LogP contribution in [0.15, 0.2) is 35.7 Å². The highest BCUT2D eigenvalue weighted by Gasteiger charge is 2.20. The minimum absolute atomic E-state index is 0.0546. The van der Waals surface area contributed by atoms with Gasteiger partial charge in [-0.05, 0) is 5.92 Å². The Bertz CT molecular complexity index is 548. The summed E-state index contributed by atoms with van der Waals surface area (Å²) in [7, 11) is 0. The predicted molar refractivity (Wildman–Crippen MR) is 77.1 cm³/mol. The summed E-state index contributed by atoms with van der Waals surface area (Å²) in [5.41, 5.74) is 1.93. The van der Waals surface area contributed by atoms with Gasteiger partial charge in [-0.25, -0.2) is 4.98 Å². The van der Waals surface area contributed by atoms with Crippen molar-refractivity contribution in [1.82, 2.24) is 4.98 Å². The van der Waals surface area contributed by atoms with Crippen LogP contribution in [0.4, 0.5) is 0 Å². The van der Waals surface area contributed by atoms with Crippen molar-refractivity contribution < 1.29 is 9.90 Å². The van der Waals surface area contributed by atoms with Gasteiger partial charge in [-0.2, -0.15) is 0 Å². The number of aliphatic hydroxyl groups is 1. The van der Waals surface area contributed by atoms with Crippen LogP contribution in [0.1, 0.15) is 18.9 Å². The molecule has 0 bridgehead atoms. The lowest BCUT2D eigenvalue weighted by molar-refractivity contribution is -0.128. The number of hydrogen-bond acceptors (Lipinski definition) is 4. The summed E-state index contributed by atoms with van der Waals surface area (Å²) in [6, 6.07) is 9.86. The van der Waals surface area contributed by atoms with E-state index in [0.29, 0.717) is 0 Å². The van der Waals surface area contributed by atoms with Crippen molar-refractivity contribution in [3.05, 3.63) is 40.7 Å². The molecule has 19 heavy (non-hydrogen) atoms. The first-order valence-electron chi connectivity index (χ1n) is 6.28. The Hall–Kier alpha value is -1.52. The summed E-state index contributed by atoms with van der Waals surface area (Å²) < 4.78 is 0. The SMILES string of the molecule is CC(C)C(O)C(=O)Cc1nc(-c2ccccc2)cs1. The minimum atomic E-state index is -0.899. The van der Waals surface area contributed by atoms with E-state index >= 15 is 0 Å². The van der Waals surface area contributed by atoms with Crippen LogP contribution in [0.3, 0.4) is 0 Å². The smallest absolute Gasteiger partial charge is 0.168 e. The number of Topliss-reactive ketones (excluding diaryl/α,β-unsaturated/α-hetero) is 1. The zero-order valence-electron chi connectivity index (χ0n) is 11.0. The topological polar surface area (TPSA) is 50.2 Å². The monoisotopic (exact) mass is 275 g/mol. The molecule has 0 aliphatic carbocycles. The number of aliphatic hydroxyl groups excluding tert-OH is 1. The summed E-state index contributed by atoms with van der Waals surface area (Å²) in [5.74, 6) is -0.218. The van der Waals surface area contributed by atoms with E-state index in [9.17, 15) is 9.90 Å². The molecule has 3 nitrogen and oxygen atoms in total. The molecule has 2 rings (SSSR count). The molecular formula is C15H17NO2S. The van der Waals surface area contributed by atoms with Gasteiger partial charge in [-0.3, -0.25) is 4.79 Å². The fraction of sp³-hybridized carbons (Fsp3) is 0.333. The quantitative estimate of drug-likeness (QED) is 0.912. The van der Waals surface area contributed by atoms with Crippen LogP contribution in [-0.4, -0.2) is 22.0 Å². The minimum Gasteiger partial charge on any atom is -0.385 e. The number of aromatic nitrogens is 1. The molecule has 0 saturated carbocycles. The molecule has 0 spiro atoms. The first kappa shape index (κ1) is 13.9. The number of benzene rings is 1. The zero-order valence-corrected chi connectivity index (χ0v) is 11.9. The summed E-state index contributed by atoms with van der Waals surface area (Å²) >= 11 is 1.46. The van der Waals surface area contributed by atoms with Crippen LogP contribution in [0.2, 0.25) is 0 Å². The summed E-state index contributed by atoms with van der Waals surface area (Å²) in [5, 5.41) is 12.4. The molecule has 100 valence electrons. The Kier molecular flexibility index (Phi) is 4.45. The number of carbonyl (C=O) groups is 1. The Labute approximate surface area is 116 Å². The normalized spacial score (nSPS) is 12.6. The molecule has 1 aromatic heterocycles. The standard InChI is InChI=1S/C15H17NO2S/c1-10(2)15(18)13(17)8-14-16-12(9-19-14)11-6-4-3-5-7-11/h3-7,9-10,15,18H,8H2,1-2H3. The lowest BCUT2D eigenvalue weighted by Gasteiger charge is -2.11. The lowest BCUT2D eigenvalue weighted by Crippen LogP contribution is -2.27. The second-order valence-electron chi connectivity index (χ2n) is 4.82. The molecule has 4 heteroatoms. The van der Waals surface area contributed by atoms with Crippen molar-refractivity contribution in [1.29, 1.82) is 0 Å². The molecule has 0 aliphatic heterocycles. The summed E-state index contributed by atoms with van der Waals surface area (Å²) in [6.45, 7) is 3.67. The Morgan fingerprint density at radius 3 is 2.63 bits per heavy atom. The number of rotatable bonds is 5. The number of carbonyl (C=O) groups excluding carboxylic acids is 1. The van der Waals surface area contributed by atoms with Gasteiger partial charge in [0, 0.05) is 10.9 Å². The molecule has 1 N–H and O–H groups in total. The maximum Gasteiger partial charge on any atom is 0.168 e. The molecule has 0 saturated heterocycles. The van der Waals surface area contributed by atoms with E-state index in [0.717, 1.165) is 16.3 Å². The van der Waals surface area contributed by atoms with Gasteiger partial charge in [-0.15, -0.1) is 11.3 Å². The predicted octanol–water partition coefficient (Wildman–Crippen LogP) is 2.94. The first-order chi connectivity index (χ1) is 9.08. The average Bonchev–Trinajstić information content (AvgIpc) is 2.87. The van der Waals surface area contributed by atoms with Gasteiger partial charge >= 0.3 is 0 Å². The Morgan fingerprint density at radius 2 is 2.00 bits per heavy atom. The van der Waals surface area contributed by atoms with Gasteiger partial charge in [0.2, 0.25) is 0 Å². The molecule has 0 radical (unpaired) electrons. The van der Waals surface area contributed by atoms with E-state index in [1.807, 2.05) is 49.6 Å². The maximum absolute atomic E-state index is 11.8. The van der Waals surface area contributed by atoms with Crippen LogP contribution >= 0.6 is 11.3 Å². The highest BCUT2D eigenvalue weighted by atomic mass is 32.1. The number of ketones is 1. The molecule has 0 fully saturated rings. The Morgan fingerprint density at radius 1 is 1.32 bits per heavy atom. The molecule has 0 aliphatic rings. The number of hydrogen-bond donors (Lipinski definition) is 1. The van der Waals surface area contributed by atoms with Crippen LogP contribution in [0.5, 0.6) is 0 Å². The lowest BCUT2D eigenvalue weighted by atomic mass is 10.0. The van der Waals surface area contributed by atoms with Crippen molar-refractivity contribution in [2.75, 3.05) is 0 Å². The van der Waals surface area contributed by atoms with E-state index in [1.54, 1.807) is 0 Å². The Balaban J connectivity index is 2.08. The van der Waals surface area contributed by atoms with Gasteiger partial charge in [0.25, 0.3) is 0 Å². The molecule has 2 aromatic rings. The number of nitrogens with zero attached hydrogens (tertiary/aromatic N) is 1. The van der Waals surface area contributed by atoms with E-state index in [4.69, 9.17) is 0 Å². The van der Waals surface area contributed by atoms with Gasteiger partial charge in [0.1, 0.15) is 11.1 Å². The van der Waals surface area contributed by atoms with E-state index in [2.05, 4.69) is 4.98 Å². The fourth-order valence-electron chi connectivity index (χ4n) is 1.76. The van der Waals surface area contributed by atoms with Gasteiger partial charge in [-0.1, -0.05) is 44.2 Å². The largest absolute Gasteiger partial charge is 0.385 e. The van der Waals surface area contributed by atoms with Crippen LogP contribution < -0.4 is 0 Å². The van der Waals surface area contributed by atoms with Crippen molar-refractivity contribution in [2.24, 2.45) is 5.92 Å². The second-order valence-corrected chi connectivity index (χ2v) is 5.77. The van der Waals surface area contributed by atoms with Gasteiger partial charge < -0.3 is 5.11 Å². The van der Waals surface area contributed by atoms with Crippen LogP contribution in [-0.2, 0) is 11.2 Å². The molecule has 1 atom stereocenters. The fourth-order valence-corrected chi connectivity index (χ4v) is 2.57. The molecular weight excluding hydrogens is 258 g/mol. The van der Waals surface area contributed by atoms with E-state index in [1.165, 1.54) is 11.3 Å². The highest BCUT2D eigenvalue weighted by Crippen LogP contribution is 2.22. The summed E-state index contributed by atoms with van der Waals surface area (Å²) in [4.78, 5) is 16.3. The van der Waals surface area contributed by atoms with Gasteiger partial charge in [0.05, 0.1) is 12.1 Å².